The van der Waals surface area contributed by atoms with Crippen LogP contribution in [0.2, 0.25) is 5.02 Å². The molecule has 0 fully saturated rings. The molecule has 0 spiro atoms. The minimum Gasteiger partial charge on any atom is -0.441 e. The second-order valence-corrected chi connectivity index (χ2v) is 10.3. The lowest BCUT2D eigenvalue weighted by Gasteiger charge is -2.28. The van der Waals surface area contributed by atoms with Crippen molar-refractivity contribution in [1.29, 1.82) is 0 Å². The maximum Gasteiger partial charge on any atom is 0.412 e. The number of aromatic amines is 1. The van der Waals surface area contributed by atoms with Gasteiger partial charge in [0.15, 0.2) is 5.82 Å². The van der Waals surface area contributed by atoms with Crippen LogP contribution in [0.5, 0.6) is 0 Å². The highest BCUT2D eigenvalue weighted by atomic mass is 35.5. The minimum absolute atomic E-state index is 0.0889. The van der Waals surface area contributed by atoms with Gasteiger partial charge in [-0.3, -0.25) is 19.7 Å². The topological polar surface area (TPSA) is 146 Å². The molecule has 216 valence electrons. The first-order valence-corrected chi connectivity index (χ1v) is 13.5. The number of pyridine rings is 1. The second kappa shape index (κ2) is 12.4. The number of benzene rings is 2. The predicted octanol–water partition coefficient (Wildman–Crippen LogP) is 3.99. The van der Waals surface area contributed by atoms with Crippen LogP contribution >= 0.6 is 11.6 Å². The smallest absolute Gasteiger partial charge is 0.412 e. The number of halogens is 2. The SMILES string of the molecule is CN(CCC[C@H]1OC(=O)Nc2ccc(Cl)c(F)c21)C(=O)C(Cc1cncnc1)NC(=O)c1ccc2[nH]c(=O)ccc2c1. The van der Waals surface area contributed by atoms with Gasteiger partial charge in [0.2, 0.25) is 11.5 Å². The molecule has 0 saturated heterocycles. The van der Waals surface area contributed by atoms with Crippen molar-refractivity contribution in [3.05, 3.63) is 99.1 Å². The Morgan fingerprint density at radius 1 is 1.14 bits per heavy atom. The molecule has 11 nitrogen and oxygen atoms in total. The van der Waals surface area contributed by atoms with Crippen molar-refractivity contribution in [2.75, 3.05) is 18.9 Å². The number of aromatic nitrogens is 3. The monoisotopic (exact) mass is 592 g/mol. The van der Waals surface area contributed by atoms with Crippen LogP contribution in [0.25, 0.3) is 10.9 Å². The molecule has 4 aromatic rings. The van der Waals surface area contributed by atoms with Crippen molar-refractivity contribution >= 4 is 46.1 Å². The molecule has 3 amide bonds. The second-order valence-electron chi connectivity index (χ2n) is 9.85. The lowest BCUT2D eigenvalue weighted by molar-refractivity contribution is -0.132. The van der Waals surface area contributed by atoms with E-state index in [2.05, 4.69) is 25.6 Å². The maximum absolute atomic E-state index is 14.8. The van der Waals surface area contributed by atoms with E-state index < -0.39 is 30.0 Å². The zero-order valence-electron chi connectivity index (χ0n) is 22.4. The van der Waals surface area contributed by atoms with Gasteiger partial charge in [0.25, 0.3) is 5.91 Å². The van der Waals surface area contributed by atoms with Gasteiger partial charge in [0.1, 0.15) is 18.5 Å². The van der Waals surface area contributed by atoms with E-state index in [0.29, 0.717) is 28.5 Å². The summed E-state index contributed by atoms with van der Waals surface area (Å²) in [6.45, 7) is 0.235. The summed E-state index contributed by atoms with van der Waals surface area (Å²) in [6, 6.07) is 9.72. The molecule has 1 unspecified atom stereocenters. The van der Waals surface area contributed by atoms with Crippen LogP contribution in [-0.2, 0) is 16.0 Å². The number of rotatable bonds is 9. The van der Waals surface area contributed by atoms with Gasteiger partial charge in [-0.2, -0.15) is 0 Å². The van der Waals surface area contributed by atoms with Gasteiger partial charge in [-0.25, -0.2) is 19.2 Å². The van der Waals surface area contributed by atoms with E-state index in [1.165, 1.54) is 29.4 Å². The number of hydrogen-bond acceptors (Lipinski definition) is 7. The predicted molar refractivity (Wildman–Crippen MR) is 153 cm³/mol. The Kier molecular flexibility index (Phi) is 8.43. The fourth-order valence-corrected chi connectivity index (χ4v) is 4.98. The number of H-pyrrole nitrogens is 1. The Balaban J connectivity index is 1.28. The Bertz CT molecular complexity index is 1720. The molecule has 0 saturated carbocycles. The molecule has 42 heavy (non-hydrogen) atoms. The third kappa shape index (κ3) is 6.39. The number of ether oxygens (including phenoxy) is 1. The summed E-state index contributed by atoms with van der Waals surface area (Å²) in [5.74, 6) is -1.51. The van der Waals surface area contributed by atoms with Crippen LogP contribution in [0, 0.1) is 5.82 Å². The van der Waals surface area contributed by atoms with E-state index in [9.17, 15) is 23.6 Å². The van der Waals surface area contributed by atoms with Gasteiger partial charge < -0.3 is 19.9 Å². The normalized spacial score (nSPS) is 14.8. The van der Waals surface area contributed by atoms with Crippen LogP contribution < -0.4 is 16.2 Å². The van der Waals surface area contributed by atoms with Crippen LogP contribution in [0.15, 0.2) is 66.0 Å². The van der Waals surface area contributed by atoms with Gasteiger partial charge in [-0.05, 0) is 60.2 Å². The van der Waals surface area contributed by atoms with Crippen LogP contribution in [0.3, 0.4) is 0 Å². The summed E-state index contributed by atoms with van der Waals surface area (Å²) >= 11 is 5.94. The summed E-state index contributed by atoms with van der Waals surface area (Å²) in [7, 11) is 1.59. The lowest BCUT2D eigenvalue weighted by Crippen LogP contribution is -2.48. The first-order chi connectivity index (χ1) is 20.2. The summed E-state index contributed by atoms with van der Waals surface area (Å²) in [5, 5.41) is 5.85. The third-order valence-electron chi connectivity index (χ3n) is 6.92. The zero-order valence-corrected chi connectivity index (χ0v) is 23.2. The zero-order chi connectivity index (χ0) is 29.8. The van der Waals surface area contributed by atoms with Crippen molar-refractivity contribution in [2.45, 2.75) is 31.4 Å². The Labute approximate surface area is 244 Å². The molecular formula is C29H26ClFN6O5. The van der Waals surface area contributed by atoms with E-state index in [1.54, 1.807) is 43.7 Å². The lowest BCUT2D eigenvalue weighted by atomic mass is 10.0. The Morgan fingerprint density at radius 2 is 1.93 bits per heavy atom. The number of carbonyl (C=O) groups is 3. The molecule has 3 N–H and O–H groups in total. The average molecular weight is 593 g/mol. The van der Waals surface area contributed by atoms with Crippen molar-refractivity contribution in [3.8, 4) is 0 Å². The quantitative estimate of drug-likeness (QED) is 0.266. The number of nitrogens with one attached hydrogen (secondary N) is 3. The third-order valence-corrected chi connectivity index (χ3v) is 7.21. The molecule has 2 aromatic carbocycles. The summed E-state index contributed by atoms with van der Waals surface area (Å²) in [6.07, 6.45) is 3.65. The summed E-state index contributed by atoms with van der Waals surface area (Å²) < 4.78 is 20.1. The number of carbonyl (C=O) groups excluding carboxylic acids is 3. The van der Waals surface area contributed by atoms with Gasteiger partial charge >= 0.3 is 6.09 Å². The Hall–Kier alpha value is -4.84. The number of fused-ring (bicyclic) bond motifs is 2. The minimum atomic E-state index is -0.950. The molecule has 1 aliphatic heterocycles. The van der Waals surface area contributed by atoms with Crippen molar-refractivity contribution < 1.29 is 23.5 Å². The molecule has 0 aliphatic carbocycles. The van der Waals surface area contributed by atoms with Crippen LogP contribution in [0.1, 0.15) is 40.4 Å². The van der Waals surface area contributed by atoms with E-state index in [4.69, 9.17) is 16.3 Å². The van der Waals surface area contributed by atoms with Gasteiger partial charge in [-0.1, -0.05) is 11.6 Å². The number of hydrogen-bond donors (Lipinski definition) is 3. The average Bonchev–Trinajstić information content (AvgIpc) is 2.98. The molecular weight excluding hydrogens is 567 g/mol. The number of cyclic esters (lactones) is 1. The Morgan fingerprint density at radius 3 is 2.71 bits per heavy atom. The molecule has 2 atom stereocenters. The van der Waals surface area contributed by atoms with E-state index >= 15 is 0 Å². The van der Waals surface area contributed by atoms with E-state index in [1.807, 2.05) is 0 Å². The fraction of sp³-hybridized carbons (Fsp3) is 0.241. The number of anilines is 1. The number of nitrogens with zero attached hydrogens (tertiary/aromatic N) is 3. The fourth-order valence-electron chi connectivity index (χ4n) is 4.82. The molecule has 5 rings (SSSR count). The van der Waals surface area contributed by atoms with Crippen molar-refractivity contribution in [3.63, 3.8) is 0 Å². The highest BCUT2D eigenvalue weighted by molar-refractivity contribution is 6.31. The first-order valence-electron chi connectivity index (χ1n) is 13.1. The molecule has 0 bridgehead atoms. The highest BCUT2D eigenvalue weighted by Crippen LogP contribution is 2.38. The van der Waals surface area contributed by atoms with Crippen molar-refractivity contribution in [2.24, 2.45) is 0 Å². The van der Waals surface area contributed by atoms with Gasteiger partial charge in [0, 0.05) is 49.6 Å². The number of amides is 3. The first kappa shape index (κ1) is 28.7. The van der Waals surface area contributed by atoms with Crippen LogP contribution in [-0.4, -0.2) is 57.4 Å². The van der Waals surface area contributed by atoms with Gasteiger partial charge in [-0.15, -0.1) is 0 Å². The summed E-state index contributed by atoms with van der Waals surface area (Å²) in [4.78, 5) is 62.5. The van der Waals surface area contributed by atoms with E-state index in [0.717, 1.165) is 0 Å². The van der Waals surface area contributed by atoms with Crippen LogP contribution in [0.4, 0.5) is 14.9 Å². The highest BCUT2D eigenvalue weighted by Gasteiger charge is 2.31. The molecule has 1 aliphatic rings. The molecule has 2 aromatic heterocycles. The standard InChI is InChI=1S/C29H26ClFN6O5/c1-37(10-2-3-23-25-21(36-29(41)42-23)8-6-19(30)26(25)31)28(40)22(11-16-13-32-15-33-14-16)35-27(39)18-4-7-20-17(12-18)5-9-24(38)34-20/h4-9,12-15,22-23H,2-3,10-11H2,1H3,(H,34,38)(H,35,39)(H,36,41)/t22?,23-/m1/s1. The number of likely N-dealkylation sites (N-methyl/N-ethyl adjacent to an activating group) is 1. The summed E-state index contributed by atoms with van der Waals surface area (Å²) in [5.41, 5.74) is 1.73. The molecule has 13 heteroatoms. The molecule has 0 radical (unpaired) electrons. The molecule has 3 heterocycles. The largest absolute Gasteiger partial charge is 0.441 e. The van der Waals surface area contributed by atoms with Gasteiger partial charge in [0.05, 0.1) is 16.3 Å². The maximum atomic E-state index is 14.8. The van der Waals surface area contributed by atoms with Crippen molar-refractivity contribution in [1.82, 2.24) is 25.2 Å². The van der Waals surface area contributed by atoms with E-state index in [-0.39, 0.29) is 47.1 Å².